The zero-order chi connectivity index (χ0) is 14.4. The molecule has 0 saturated carbocycles. The molecule has 2 aromatic rings. The molecule has 0 aliphatic heterocycles. The average Bonchev–Trinajstić information content (AvgIpc) is 2.46. The van der Waals surface area contributed by atoms with E-state index in [0.29, 0.717) is 0 Å². The topological polar surface area (TPSA) is 12.0 Å². The molecule has 0 heterocycles. The van der Waals surface area contributed by atoms with E-state index in [9.17, 15) is 0 Å². The smallest absolute Gasteiger partial charge is 0.0210 e. The van der Waals surface area contributed by atoms with E-state index in [1.807, 2.05) is 0 Å². The second-order valence-corrected chi connectivity index (χ2v) is 6.77. The van der Waals surface area contributed by atoms with Crippen molar-refractivity contribution >= 4 is 15.9 Å². The summed E-state index contributed by atoms with van der Waals surface area (Å²) >= 11 is 3.47. The van der Waals surface area contributed by atoms with Crippen LogP contribution in [-0.4, -0.2) is 5.54 Å². The van der Waals surface area contributed by atoms with Crippen LogP contribution in [0.1, 0.15) is 31.4 Å². The number of benzene rings is 2. The summed E-state index contributed by atoms with van der Waals surface area (Å²) in [7, 11) is 0. The molecule has 0 fully saturated rings. The van der Waals surface area contributed by atoms with Gasteiger partial charge in [0.15, 0.2) is 0 Å². The summed E-state index contributed by atoms with van der Waals surface area (Å²) in [6, 6.07) is 19.2. The Bertz CT molecular complexity index is 517. The molecule has 1 N–H and O–H groups in total. The van der Waals surface area contributed by atoms with Gasteiger partial charge in [-0.25, -0.2) is 0 Å². The number of hydrogen-bond acceptors (Lipinski definition) is 1. The molecule has 0 amide bonds. The molecule has 2 rings (SSSR count). The van der Waals surface area contributed by atoms with Crippen LogP contribution in [0.5, 0.6) is 0 Å². The predicted molar refractivity (Wildman–Crippen MR) is 89.8 cm³/mol. The van der Waals surface area contributed by atoms with E-state index in [4.69, 9.17) is 0 Å². The highest BCUT2D eigenvalue weighted by atomic mass is 79.9. The lowest BCUT2D eigenvalue weighted by Gasteiger charge is -2.26. The van der Waals surface area contributed by atoms with Crippen molar-refractivity contribution < 1.29 is 0 Å². The van der Waals surface area contributed by atoms with Crippen LogP contribution in [0.15, 0.2) is 59.1 Å². The van der Waals surface area contributed by atoms with E-state index in [1.54, 1.807) is 0 Å². The van der Waals surface area contributed by atoms with E-state index in [2.05, 4.69) is 89.7 Å². The first-order valence-electron chi connectivity index (χ1n) is 7.09. The Balaban J connectivity index is 1.83. The van der Waals surface area contributed by atoms with Crippen molar-refractivity contribution in [2.24, 2.45) is 0 Å². The number of hydrogen-bond donors (Lipinski definition) is 1. The van der Waals surface area contributed by atoms with Gasteiger partial charge in [-0.05, 0) is 49.9 Å². The predicted octanol–water partition coefficient (Wildman–Crippen LogP) is 4.95. The molecule has 2 heteroatoms. The van der Waals surface area contributed by atoms with Crippen molar-refractivity contribution in [2.45, 2.75) is 38.8 Å². The molecule has 0 atom stereocenters. The van der Waals surface area contributed by atoms with Crippen LogP contribution in [0.4, 0.5) is 0 Å². The molecule has 1 nitrogen and oxygen atoms in total. The Labute approximate surface area is 130 Å². The normalized spacial score (nSPS) is 11.6. The number of aryl methyl sites for hydroxylation is 1. The van der Waals surface area contributed by atoms with Crippen LogP contribution >= 0.6 is 15.9 Å². The number of nitrogens with one attached hydrogen (secondary N) is 1. The molecule has 0 aliphatic rings. The Kier molecular flexibility index (Phi) is 5.38. The van der Waals surface area contributed by atoms with Gasteiger partial charge >= 0.3 is 0 Å². The minimum atomic E-state index is 0.142. The maximum atomic E-state index is 3.65. The fraction of sp³-hybridized carbons (Fsp3) is 0.333. The Morgan fingerprint density at radius 3 is 2.20 bits per heavy atom. The molecular formula is C18H22BrN. The molecule has 106 valence electrons. The maximum Gasteiger partial charge on any atom is 0.0210 e. The molecule has 0 spiro atoms. The molecule has 20 heavy (non-hydrogen) atoms. The zero-order valence-corrected chi connectivity index (χ0v) is 13.8. The van der Waals surface area contributed by atoms with Crippen molar-refractivity contribution in [3.8, 4) is 0 Å². The molecule has 0 aliphatic carbocycles. The molecule has 0 aromatic heterocycles. The van der Waals surface area contributed by atoms with Gasteiger partial charge in [0, 0.05) is 16.6 Å². The van der Waals surface area contributed by atoms with Crippen molar-refractivity contribution in [2.75, 3.05) is 0 Å². The Hall–Kier alpha value is -1.12. The summed E-state index contributed by atoms with van der Waals surface area (Å²) in [4.78, 5) is 0. The minimum absolute atomic E-state index is 0.142. The molecule has 0 bridgehead atoms. The highest BCUT2D eigenvalue weighted by Gasteiger charge is 2.16. The fourth-order valence-corrected chi connectivity index (χ4v) is 2.40. The van der Waals surface area contributed by atoms with Gasteiger partial charge in [0.1, 0.15) is 0 Å². The van der Waals surface area contributed by atoms with Crippen LogP contribution < -0.4 is 5.32 Å². The second-order valence-electron chi connectivity index (χ2n) is 5.85. The third-order valence-corrected chi connectivity index (χ3v) is 4.09. The standard InChI is InChI=1S/C18H22BrN/c1-18(2,13-12-15-6-4-3-5-7-15)20-14-16-8-10-17(19)11-9-16/h3-11,20H,12-14H2,1-2H3. The lowest BCUT2D eigenvalue weighted by atomic mass is 9.95. The van der Waals surface area contributed by atoms with Crippen LogP contribution in [0, 0.1) is 0 Å². The first-order valence-corrected chi connectivity index (χ1v) is 7.88. The Morgan fingerprint density at radius 1 is 0.900 bits per heavy atom. The van der Waals surface area contributed by atoms with Crippen LogP contribution in [-0.2, 0) is 13.0 Å². The fourth-order valence-electron chi connectivity index (χ4n) is 2.13. The summed E-state index contributed by atoms with van der Waals surface area (Å²) in [5, 5.41) is 3.65. The summed E-state index contributed by atoms with van der Waals surface area (Å²) in [6.07, 6.45) is 2.24. The second kappa shape index (κ2) is 7.05. The average molecular weight is 332 g/mol. The largest absolute Gasteiger partial charge is 0.308 e. The summed E-state index contributed by atoms with van der Waals surface area (Å²) < 4.78 is 1.13. The van der Waals surface area contributed by atoms with Gasteiger partial charge in [0.25, 0.3) is 0 Å². The first-order chi connectivity index (χ1) is 9.55. The van der Waals surface area contributed by atoms with E-state index in [-0.39, 0.29) is 5.54 Å². The Morgan fingerprint density at radius 2 is 1.55 bits per heavy atom. The van der Waals surface area contributed by atoms with Gasteiger partial charge in [0.2, 0.25) is 0 Å². The van der Waals surface area contributed by atoms with Gasteiger partial charge in [0.05, 0.1) is 0 Å². The maximum absolute atomic E-state index is 3.65. The van der Waals surface area contributed by atoms with Crippen molar-refractivity contribution in [3.05, 3.63) is 70.2 Å². The third-order valence-electron chi connectivity index (χ3n) is 3.57. The highest BCUT2D eigenvalue weighted by molar-refractivity contribution is 9.10. The van der Waals surface area contributed by atoms with Crippen LogP contribution in [0.2, 0.25) is 0 Å². The van der Waals surface area contributed by atoms with E-state index >= 15 is 0 Å². The zero-order valence-electron chi connectivity index (χ0n) is 12.2. The van der Waals surface area contributed by atoms with Gasteiger partial charge < -0.3 is 5.32 Å². The van der Waals surface area contributed by atoms with Crippen molar-refractivity contribution in [1.82, 2.24) is 5.32 Å². The third kappa shape index (κ3) is 5.10. The molecule has 0 unspecified atom stereocenters. The minimum Gasteiger partial charge on any atom is -0.308 e. The quantitative estimate of drug-likeness (QED) is 0.789. The van der Waals surface area contributed by atoms with E-state index < -0.39 is 0 Å². The van der Waals surface area contributed by atoms with E-state index in [0.717, 1.165) is 23.9 Å². The first kappa shape index (κ1) is 15.3. The lowest BCUT2D eigenvalue weighted by molar-refractivity contribution is 0.360. The van der Waals surface area contributed by atoms with Gasteiger partial charge in [-0.15, -0.1) is 0 Å². The van der Waals surface area contributed by atoms with Gasteiger partial charge in [-0.2, -0.15) is 0 Å². The molecule has 2 aromatic carbocycles. The van der Waals surface area contributed by atoms with Crippen molar-refractivity contribution in [3.63, 3.8) is 0 Å². The van der Waals surface area contributed by atoms with Gasteiger partial charge in [-0.3, -0.25) is 0 Å². The SMILES string of the molecule is CC(C)(CCc1ccccc1)NCc1ccc(Br)cc1. The molecule has 0 radical (unpaired) electrons. The van der Waals surface area contributed by atoms with E-state index in [1.165, 1.54) is 11.1 Å². The number of rotatable bonds is 6. The monoisotopic (exact) mass is 331 g/mol. The molecular weight excluding hydrogens is 310 g/mol. The summed E-state index contributed by atoms with van der Waals surface area (Å²) in [6.45, 7) is 5.46. The summed E-state index contributed by atoms with van der Waals surface area (Å²) in [5.41, 5.74) is 2.87. The number of halogens is 1. The van der Waals surface area contributed by atoms with Crippen LogP contribution in [0.3, 0.4) is 0 Å². The van der Waals surface area contributed by atoms with Crippen LogP contribution in [0.25, 0.3) is 0 Å². The lowest BCUT2D eigenvalue weighted by Crippen LogP contribution is -2.39. The summed E-state index contributed by atoms with van der Waals surface area (Å²) in [5.74, 6) is 0. The highest BCUT2D eigenvalue weighted by Crippen LogP contribution is 2.15. The molecule has 0 saturated heterocycles. The van der Waals surface area contributed by atoms with Crippen molar-refractivity contribution in [1.29, 1.82) is 0 Å². The van der Waals surface area contributed by atoms with Gasteiger partial charge in [-0.1, -0.05) is 58.4 Å².